The van der Waals surface area contributed by atoms with Crippen LogP contribution in [0.4, 0.5) is 0 Å². The van der Waals surface area contributed by atoms with Gasteiger partial charge in [0, 0.05) is 27.2 Å². The second-order valence-corrected chi connectivity index (χ2v) is 42.7. The monoisotopic (exact) mass is 1650 g/mol. The zero-order valence-corrected chi connectivity index (χ0v) is 70.6. The fourth-order valence-corrected chi connectivity index (χ4v) is 32.8. The molecule has 37 atom stereocenters. The maximum atomic E-state index is 13.8. The first-order valence-corrected chi connectivity index (χ1v) is 43.8. The molecule has 8 saturated carbocycles. The van der Waals surface area contributed by atoms with E-state index in [0.717, 1.165) is 40.7 Å². The molecule has 20 fully saturated rings. The number of aliphatic hydroxyl groups excluding tert-OH is 2. The molecule has 28 rings (SSSR count). The summed E-state index contributed by atoms with van der Waals surface area (Å²) >= 11 is 0. The van der Waals surface area contributed by atoms with Crippen LogP contribution in [0.2, 0.25) is 0 Å². The van der Waals surface area contributed by atoms with Gasteiger partial charge in [-0.2, -0.15) is 0 Å². The van der Waals surface area contributed by atoms with Crippen LogP contribution in [0.1, 0.15) is 160 Å². The summed E-state index contributed by atoms with van der Waals surface area (Å²) < 4.78 is 97.4. The van der Waals surface area contributed by atoms with Crippen LogP contribution in [0.25, 0.3) is 0 Å². The molecule has 0 aromatic heterocycles. The molecule has 27 nitrogen and oxygen atoms in total. The number of rotatable bonds is 10. The first-order valence-electron chi connectivity index (χ1n) is 43.8. The Morgan fingerprint density at radius 1 is 0.442 bits per heavy atom. The fraction of sp³-hybridized carbons (Fsp3) is 0.750. The molecule has 12 aliphatic carbocycles. The number of ether oxygens (including phenoxy) is 16. The number of cyclic esters (lactones) is 4. The van der Waals surface area contributed by atoms with Crippen molar-refractivity contribution in [3.05, 3.63) is 102 Å². The van der Waals surface area contributed by atoms with Crippen molar-refractivity contribution in [3.63, 3.8) is 0 Å². The molecular formula is C92H109LiO27. The average molecular weight is 1650 g/mol. The zero-order valence-electron chi connectivity index (χ0n) is 70.6. The molecule has 0 bridgehead atoms. The van der Waals surface area contributed by atoms with E-state index in [9.17, 15) is 54.3 Å². The van der Waals surface area contributed by atoms with E-state index in [2.05, 4.69) is 88.6 Å². The number of epoxide rings is 12. The molecule has 28 heteroatoms. The Labute approximate surface area is 707 Å². The van der Waals surface area contributed by atoms with Crippen LogP contribution in [-0.4, -0.2) is 257 Å². The van der Waals surface area contributed by atoms with E-state index >= 15 is 0 Å². The number of esters is 4. The molecule has 3 unspecified atom stereocenters. The molecule has 0 radical (unpaired) electrons. The van der Waals surface area contributed by atoms with Crippen molar-refractivity contribution in [2.45, 2.75) is 330 Å². The third kappa shape index (κ3) is 7.73. The van der Waals surface area contributed by atoms with E-state index < -0.39 is 130 Å². The minimum absolute atomic E-state index is 0. The van der Waals surface area contributed by atoms with Crippen molar-refractivity contribution < 1.29 is 149 Å². The quantitative estimate of drug-likeness (QED) is 0.0524. The van der Waals surface area contributed by atoms with E-state index in [1.165, 1.54) is 6.08 Å². The van der Waals surface area contributed by atoms with E-state index in [1.807, 2.05) is 27.7 Å². The Hall–Kier alpha value is -5.07. The molecule has 0 amide bonds. The fourth-order valence-electron chi connectivity index (χ4n) is 32.8. The SMILES string of the molecule is C=CCC1(O)C[C@@]2(C)[C@@H](C[C@@H]3O[C@@]34C(=O)[C@@]3(C(C)C)O[C@H]3[C@@H]3O[C@]324)C2=C1C(=O)OC2.C=CCC1(O)C[C@@]2(C)[C@@H](C[C@@H]3O[C@@]34C(O)(CC=C)[C@@]3(C(C)C)O[C@H]3[C@@H]3O[C@]324)C2=C1C(=O)OC2.C=C[CH2-].CC(C)[C@]12O[C@H]1[C@@H]1O[C@@]13[C@@]1(C)CCC4=C(COC4=O)[C@@H]1C[C@@H]1O[C@@]13C2=O.CC(C)[C@]12O[C@H]1[C@@H]1O[C@]13[C@]1(O[C@H]1C[C@H]1C4=C(C(=O)OC4)[C@@H](O)C[C@@]13C)[C@@H]2O.[Li+]. The minimum Gasteiger partial charge on any atom is -0.458 e. The van der Waals surface area contributed by atoms with Gasteiger partial charge in [-0.25, -0.2) is 38.8 Å². The second kappa shape index (κ2) is 22.7. The van der Waals surface area contributed by atoms with Gasteiger partial charge in [0.1, 0.15) is 132 Å². The summed E-state index contributed by atoms with van der Waals surface area (Å²) in [6.45, 7) is 44.1. The summed E-state index contributed by atoms with van der Waals surface area (Å²) in [5.74, 6) is -0.789. The van der Waals surface area contributed by atoms with Gasteiger partial charge in [0.25, 0.3) is 0 Å². The number of carbonyl (C=O) groups excluding carboxylic acids is 6. The minimum atomic E-state index is -1.39. The van der Waals surface area contributed by atoms with Crippen molar-refractivity contribution in [1.82, 2.24) is 0 Å². The summed E-state index contributed by atoms with van der Waals surface area (Å²) in [5.41, 5.74) is -9.39. The van der Waals surface area contributed by atoms with Crippen LogP contribution >= 0.6 is 0 Å². The standard InChI is InChI=1S/C26H32O7.C23H26O7.C20H24O7.C20H22O6.C3H5.Li/c1-6-8-22(28)12-21(5)15(14-11-30-20(27)17(14)22)10-16-25(31-16)23(29,9-7-2)24(13(3)4)18(32-24)19-26(21,25)33-19;1-5-6-20(26)9-19(4)12(11-8-27-17(24)14(11)20)7-13-22(28-13)18(25)21(10(2)3)15(29-21)16-23(19,22)30-16;1-7(2)18-13(26-18)14-20(27-14)17(3)5-10(21)12-8(6-24-15(12)22)9(17)4-11-19(20,25-11)16(18)23;1-8(2)18-13(25-18)14-20(26-14)17(3)5-4-9-10(7-23-15(9)21)11(17)6-12-19(20,24-12)16(18)22;1-3-2;/h6-7,13,15-16,18-19,28-29H,1-2,8-12H2,3-5H3;5,10,12-13,15-16,26H,1,6-9H2,2-4H3;7,9-11,13-14,16,21,23H,4-6H2,1-3H3;8,11-14H,4-7H2,1-3H3;3H,1-2H2;/q;;;;-1;+1/t15-,16-,18-,19-,21-,22?,23?,24-,25+,26+;12-,13-,15-,16-,19-,20?,21-,22+,23+;9-,10-,11-,13-,14-,16+,17-,18-,19+,20+;11-,12-,13-,14-,17-,18-,19+,20+;;/m0000../s1. The third-order valence-electron chi connectivity index (χ3n) is 37.8. The Morgan fingerprint density at radius 2 is 0.892 bits per heavy atom. The summed E-state index contributed by atoms with van der Waals surface area (Å²) in [7, 11) is 0. The van der Waals surface area contributed by atoms with Crippen LogP contribution in [0.3, 0.4) is 0 Å². The van der Waals surface area contributed by atoms with Crippen molar-refractivity contribution in [1.29, 1.82) is 0 Å². The van der Waals surface area contributed by atoms with Crippen molar-refractivity contribution in [3.8, 4) is 0 Å². The van der Waals surface area contributed by atoms with Gasteiger partial charge >= 0.3 is 42.7 Å². The molecular weight excluding hydrogens is 1540 g/mol. The molecule has 16 heterocycles. The van der Waals surface area contributed by atoms with Gasteiger partial charge in [-0.3, -0.25) is 9.59 Å². The molecule has 120 heavy (non-hydrogen) atoms. The predicted octanol–water partition coefficient (Wildman–Crippen LogP) is 2.59. The summed E-state index contributed by atoms with van der Waals surface area (Å²) in [5, 5.41) is 58.3. The summed E-state index contributed by atoms with van der Waals surface area (Å²) in [6.07, 6.45) is 8.92. The number of fused-ring (bicyclic) bond motifs is 16. The second-order valence-electron chi connectivity index (χ2n) is 42.7. The third-order valence-corrected chi connectivity index (χ3v) is 37.8. The van der Waals surface area contributed by atoms with E-state index in [4.69, 9.17) is 75.8 Å². The Bertz CT molecular complexity index is 5040. The number of hydrogen-bond acceptors (Lipinski definition) is 27. The largest absolute Gasteiger partial charge is 1.00 e. The number of aliphatic hydroxyl groups is 5. The van der Waals surface area contributed by atoms with E-state index in [1.54, 1.807) is 18.2 Å². The normalized spacial score (nSPS) is 58.4. The smallest absolute Gasteiger partial charge is 0.458 e. The summed E-state index contributed by atoms with van der Waals surface area (Å²) in [4.78, 5) is 76.9. The maximum absolute atomic E-state index is 13.8. The van der Waals surface area contributed by atoms with Crippen molar-refractivity contribution >= 4 is 35.4 Å². The van der Waals surface area contributed by atoms with Crippen LogP contribution in [0.15, 0.2) is 95.2 Å². The zero-order chi connectivity index (χ0) is 83.7. The van der Waals surface area contributed by atoms with Gasteiger partial charge in [-0.05, 0) is 147 Å². The topological polar surface area (TPSA) is 391 Å². The Kier molecular flexibility index (Phi) is 15.1. The molecule has 0 aromatic rings. The molecule has 8 spiro atoms. The Balaban J connectivity index is 0.0000000923. The van der Waals surface area contributed by atoms with Crippen molar-refractivity contribution in [2.24, 2.45) is 69.0 Å². The number of hydrogen-bond donors (Lipinski definition) is 5. The summed E-state index contributed by atoms with van der Waals surface area (Å²) in [6, 6.07) is 0. The molecule has 28 aliphatic rings. The predicted molar refractivity (Wildman–Crippen MR) is 407 cm³/mol. The first kappa shape index (κ1) is 79.6. The van der Waals surface area contributed by atoms with Crippen LogP contribution in [-0.2, 0) is 105 Å². The van der Waals surface area contributed by atoms with Gasteiger partial charge < -0.3 is 101 Å². The first-order chi connectivity index (χ1) is 56.2. The molecule has 5 N–H and O–H groups in total. The van der Waals surface area contributed by atoms with Crippen molar-refractivity contribution in [2.75, 3.05) is 26.4 Å². The van der Waals surface area contributed by atoms with Gasteiger partial charge in [-0.1, -0.05) is 101 Å². The number of carbonyl (C=O) groups is 6. The van der Waals surface area contributed by atoms with Gasteiger partial charge in [0.2, 0.25) is 11.6 Å². The number of allylic oxidation sites excluding steroid dienone is 1. The number of ketones is 2. The van der Waals surface area contributed by atoms with E-state index in [-0.39, 0.29) is 195 Å². The van der Waals surface area contributed by atoms with Gasteiger partial charge in [0.15, 0.2) is 33.6 Å². The maximum Gasteiger partial charge on any atom is 1.00 e. The molecule has 0 aromatic carbocycles. The van der Waals surface area contributed by atoms with Crippen LogP contribution < -0.4 is 18.9 Å². The van der Waals surface area contributed by atoms with Gasteiger partial charge in [0.05, 0.1) is 47.2 Å². The number of Topliss-reactive ketones (excluding diaryl/α,β-unsaturated/α-hetero) is 2. The van der Waals surface area contributed by atoms with Gasteiger partial charge in [-0.15, -0.1) is 19.7 Å². The molecule has 640 valence electrons. The average Bonchev–Trinajstić information content (AvgIpc) is 1.49. The van der Waals surface area contributed by atoms with E-state index in [0.29, 0.717) is 74.7 Å². The van der Waals surface area contributed by atoms with Crippen LogP contribution in [0, 0.1) is 75.9 Å². The Morgan fingerprint density at radius 3 is 1.43 bits per heavy atom. The molecule has 12 saturated heterocycles. The molecule has 16 aliphatic heterocycles. The van der Waals surface area contributed by atoms with Crippen LogP contribution in [0.5, 0.6) is 0 Å².